The van der Waals surface area contributed by atoms with Crippen LogP contribution in [-0.2, 0) is 19.6 Å². The fourth-order valence-electron chi connectivity index (χ4n) is 5.87. The second kappa shape index (κ2) is 12.6. The first-order chi connectivity index (χ1) is 23.2. The number of aromatic nitrogens is 4. The molecule has 7 rings (SSSR count). The summed E-state index contributed by atoms with van der Waals surface area (Å²) < 4.78 is 15.1. The topological polar surface area (TPSA) is 148 Å². The van der Waals surface area contributed by atoms with Gasteiger partial charge in [-0.1, -0.05) is 18.2 Å². The summed E-state index contributed by atoms with van der Waals surface area (Å²) in [7, 11) is 0. The maximum Gasteiger partial charge on any atom is 0.333 e. The van der Waals surface area contributed by atoms with Gasteiger partial charge in [0, 0.05) is 41.7 Å². The Bertz CT molecular complexity index is 2160. The van der Waals surface area contributed by atoms with Crippen LogP contribution in [0, 0.1) is 18.3 Å². The Labute approximate surface area is 283 Å². The van der Waals surface area contributed by atoms with Gasteiger partial charge in [-0.05, 0) is 89.8 Å². The molecule has 0 spiro atoms. The minimum atomic E-state index is -0.493. The number of rotatable bonds is 8. The molecule has 0 saturated heterocycles. The summed E-state index contributed by atoms with van der Waals surface area (Å²) >= 11 is 3.34. The van der Waals surface area contributed by atoms with E-state index in [2.05, 4.69) is 37.5 Å². The quantitative estimate of drug-likeness (QED) is 0.233. The third-order valence-corrected chi connectivity index (χ3v) is 9.18. The predicted molar refractivity (Wildman–Crippen MR) is 178 cm³/mol. The summed E-state index contributed by atoms with van der Waals surface area (Å²) in [4.78, 5) is 43.8. The summed E-state index contributed by atoms with van der Waals surface area (Å²) in [6.07, 6.45) is 2.23. The molecule has 13 heteroatoms. The number of nitrogens with one attached hydrogen (secondary N) is 1. The lowest BCUT2D eigenvalue weighted by Crippen LogP contribution is -2.47. The molecule has 242 valence electrons. The highest BCUT2D eigenvalue weighted by Crippen LogP contribution is 2.29. The summed E-state index contributed by atoms with van der Waals surface area (Å²) in [5.41, 5.74) is 2.72. The second-order valence-electron chi connectivity index (χ2n) is 11.9. The molecule has 1 atom stereocenters. The van der Waals surface area contributed by atoms with Gasteiger partial charge in [-0.3, -0.25) is 18.7 Å². The van der Waals surface area contributed by atoms with Crippen LogP contribution >= 0.6 is 15.9 Å². The van der Waals surface area contributed by atoms with Crippen LogP contribution in [0.1, 0.15) is 63.3 Å². The first-order valence-corrected chi connectivity index (χ1v) is 16.3. The highest BCUT2D eigenvalue weighted by atomic mass is 79.9. The number of aryl methyl sites for hydroxylation is 1. The number of nitriles is 1. The van der Waals surface area contributed by atoms with Crippen molar-refractivity contribution in [3.8, 4) is 29.0 Å². The first kappa shape index (κ1) is 31.1. The van der Waals surface area contributed by atoms with Crippen molar-refractivity contribution in [2.24, 2.45) is 0 Å². The minimum absolute atomic E-state index is 0.00364. The van der Waals surface area contributed by atoms with E-state index in [4.69, 9.17) is 9.15 Å². The van der Waals surface area contributed by atoms with E-state index in [1.165, 1.54) is 10.6 Å². The van der Waals surface area contributed by atoms with Gasteiger partial charge in [0.05, 0.1) is 29.6 Å². The van der Waals surface area contributed by atoms with Crippen LogP contribution in [0.5, 0.6) is 5.75 Å². The number of hydrogen-bond donors (Lipinski definition) is 1. The van der Waals surface area contributed by atoms with Crippen molar-refractivity contribution >= 4 is 27.7 Å². The summed E-state index contributed by atoms with van der Waals surface area (Å²) in [6.45, 7) is 3.85. The lowest BCUT2D eigenvalue weighted by Gasteiger charge is -2.34. The zero-order chi connectivity index (χ0) is 33.5. The van der Waals surface area contributed by atoms with Gasteiger partial charge in [0.2, 0.25) is 11.8 Å². The van der Waals surface area contributed by atoms with E-state index in [0.29, 0.717) is 50.1 Å². The van der Waals surface area contributed by atoms with Crippen LogP contribution < -0.4 is 15.7 Å². The van der Waals surface area contributed by atoms with E-state index >= 15 is 0 Å². The molecule has 2 aliphatic rings. The highest BCUT2D eigenvalue weighted by Gasteiger charge is 2.35. The van der Waals surface area contributed by atoms with Gasteiger partial charge in [-0.25, -0.2) is 4.79 Å². The molecule has 5 aromatic rings. The summed E-state index contributed by atoms with van der Waals surface area (Å²) in [5, 5.41) is 20.6. The molecular formula is C35H30BrN7O5. The van der Waals surface area contributed by atoms with Crippen molar-refractivity contribution in [1.82, 2.24) is 29.5 Å². The molecule has 2 aromatic heterocycles. The Hall–Kier alpha value is -5.48. The van der Waals surface area contributed by atoms with E-state index in [0.717, 1.165) is 18.4 Å². The molecule has 1 N–H and O–H groups in total. The molecule has 2 amide bonds. The van der Waals surface area contributed by atoms with E-state index in [1.54, 1.807) is 52.8 Å². The van der Waals surface area contributed by atoms with Crippen molar-refractivity contribution < 1.29 is 18.7 Å². The van der Waals surface area contributed by atoms with Gasteiger partial charge in [-0.15, -0.1) is 10.2 Å². The Kier molecular flexibility index (Phi) is 8.18. The van der Waals surface area contributed by atoms with Crippen LogP contribution in [0.2, 0.25) is 0 Å². The molecule has 0 radical (unpaired) electrons. The number of imidazole rings is 1. The SMILES string of the molecule is Cc1nnc(-c2ccccc2CNC(=O)c2c3n(c(=O)n2-c2ccc(OC4CC4)cc2)CC(C)N(C(=O)c2ccc(Br)c(C#N)c2)C3)o1. The normalized spacial score (nSPS) is 15.5. The van der Waals surface area contributed by atoms with E-state index < -0.39 is 5.91 Å². The third kappa shape index (κ3) is 5.91. The Morgan fingerprint density at radius 3 is 2.58 bits per heavy atom. The standard InChI is InChI=1S/C35H30BrN7O5/c1-20-18-42-30(19-41(20)34(45)22-7-14-29(36)24(15-22)16-37)31(43(35(42)46)25-8-10-26(11-9-25)48-27-12-13-27)32(44)38-17-23-5-3-4-6-28(23)33-40-39-21(2)47-33/h3-11,14-15,20,27H,12-13,17-19H2,1-2H3,(H,38,44). The van der Waals surface area contributed by atoms with Crippen molar-refractivity contribution in [3.63, 3.8) is 0 Å². The fourth-order valence-corrected chi connectivity index (χ4v) is 6.21. The van der Waals surface area contributed by atoms with Gasteiger partial charge in [-0.2, -0.15) is 5.26 Å². The van der Waals surface area contributed by atoms with Crippen LogP contribution in [0.25, 0.3) is 17.1 Å². The van der Waals surface area contributed by atoms with Crippen LogP contribution in [-0.4, -0.2) is 48.2 Å². The van der Waals surface area contributed by atoms with Crippen LogP contribution in [0.15, 0.2) is 80.4 Å². The van der Waals surface area contributed by atoms with E-state index in [-0.39, 0.29) is 49.1 Å². The van der Waals surface area contributed by atoms with Crippen LogP contribution in [0.4, 0.5) is 0 Å². The van der Waals surface area contributed by atoms with Crippen molar-refractivity contribution in [1.29, 1.82) is 5.26 Å². The molecule has 3 aromatic carbocycles. The molecule has 12 nitrogen and oxygen atoms in total. The number of benzene rings is 3. The summed E-state index contributed by atoms with van der Waals surface area (Å²) in [6, 6.07) is 21.0. The molecule has 1 fully saturated rings. The second-order valence-corrected chi connectivity index (χ2v) is 12.7. The predicted octanol–water partition coefficient (Wildman–Crippen LogP) is 5.15. The molecular weight excluding hydrogens is 678 g/mol. The molecule has 1 aliphatic heterocycles. The van der Waals surface area contributed by atoms with Gasteiger partial charge >= 0.3 is 5.69 Å². The maximum atomic E-state index is 14.2. The zero-order valence-corrected chi connectivity index (χ0v) is 27.7. The molecule has 0 bridgehead atoms. The molecule has 1 aliphatic carbocycles. The average molecular weight is 709 g/mol. The molecule has 1 saturated carbocycles. The van der Waals surface area contributed by atoms with Gasteiger partial charge in [0.25, 0.3) is 11.8 Å². The Morgan fingerprint density at radius 1 is 1.10 bits per heavy atom. The minimum Gasteiger partial charge on any atom is -0.490 e. The lowest BCUT2D eigenvalue weighted by atomic mass is 10.1. The largest absolute Gasteiger partial charge is 0.490 e. The number of ether oxygens (including phenoxy) is 1. The van der Waals surface area contributed by atoms with Crippen molar-refractivity contribution in [3.05, 3.63) is 116 Å². The van der Waals surface area contributed by atoms with Gasteiger partial charge < -0.3 is 19.4 Å². The van der Waals surface area contributed by atoms with Crippen molar-refractivity contribution in [2.75, 3.05) is 0 Å². The van der Waals surface area contributed by atoms with E-state index in [1.807, 2.05) is 31.2 Å². The Morgan fingerprint density at radius 2 is 1.88 bits per heavy atom. The highest BCUT2D eigenvalue weighted by molar-refractivity contribution is 9.10. The van der Waals surface area contributed by atoms with E-state index in [9.17, 15) is 19.6 Å². The fraction of sp³-hybridized carbons (Fsp3) is 0.257. The number of halogens is 1. The molecule has 3 heterocycles. The number of hydrogen-bond acceptors (Lipinski definition) is 8. The number of carbonyl (C=O) groups excluding carboxylic acids is 2. The number of amides is 2. The molecule has 1 unspecified atom stereocenters. The Balaban J connectivity index is 1.26. The maximum absolute atomic E-state index is 14.2. The number of carbonyl (C=O) groups is 2. The van der Waals surface area contributed by atoms with Gasteiger partial charge in [0.1, 0.15) is 17.5 Å². The average Bonchev–Trinajstić information content (AvgIpc) is 3.73. The lowest BCUT2D eigenvalue weighted by molar-refractivity contribution is 0.0610. The molecule has 48 heavy (non-hydrogen) atoms. The number of fused-ring (bicyclic) bond motifs is 1. The smallest absolute Gasteiger partial charge is 0.333 e. The third-order valence-electron chi connectivity index (χ3n) is 8.49. The van der Waals surface area contributed by atoms with Gasteiger partial charge in [0.15, 0.2) is 0 Å². The monoisotopic (exact) mass is 707 g/mol. The van der Waals surface area contributed by atoms with Crippen LogP contribution in [0.3, 0.4) is 0 Å². The number of nitrogens with zero attached hydrogens (tertiary/aromatic N) is 6. The zero-order valence-electron chi connectivity index (χ0n) is 26.1. The summed E-state index contributed by atoms with van der Waals surface area (Å²) in [5.74, 6) is 0.637. The first-order valence-electron chi connectivity index (χ1n) is 15.5. The van der Waals surface area contributed by atoms with Crippen molar-refractivity contribution in [2.45, 2.75) is 58.5 Å².